The second-order valence-corrected chi connectivity index (χ2v) is 6.13. The van der Waals surface area contributed by atoms with Crippen LogP contribution in [0.1, 0.15) is 32.9 Å². The zero-order valence-electron chi connectivity index (χ0n) is 12.3. The number of carbonyl (C=O) groups is 1. The molecule has 6 heteroatoms. The van der Waals surface area contributed by atoms with Crippen molar-refractivity contribution < 1.29 is 9.32 Å². The van der Waals surface area contributed by atoms with E-state index in [-0.39, 0.29) is 5.91 Å². The average molecular weight is 301 g/mol. The summed E-state index contributed by atoms with van der Waals surface area (Å²) in [6.07, 6.45) is 0. The van der Waals surface area contributed by atoms with Crippen LogP contribution in [0.3, 0.4) is 0 Å². The monoisotopic (exact) mass is 301 g/mol. The molecule has 5 nitrogen and oxygen atoms in total. The Kier molecular flexibility index (Phi) is 3.25. The summed E-state index contributed by atoms with van der Waals surface area (Å²) in [6.45, 7) is 7.54. The first-order chi connectivity index (χ1) is 9.95. The van der Waals surface area contributed by atoms with Gasteiger partial charge in [0.05, 0.1) is 15.9 Å². The molecule has 0 aliphatic rings. The molecule has 1 aromatic carbocycles. The third kappa shape index (κ3) is 2.42. The summed E-state index contributed by atoms with van der Waals surface area (Å²) in [5.41, 5.74) is 4.28. The summed E-state index contributed by atoms with van der Waals surface area (Å²) < 4.78 is 6.09. The number of hydrogen-bond donors (Lipinski definition) is 1. The third-order valence-electron chi connectivity index (χ3n) is 3.31. The molecule has 0 saturated carbocycles. The number of aryl methyl sites for hydroxylation is 4. The lowest BCUT2D eigenvalue weighted by atomic mass is 10.1. The molecule has 0 aliphatic heterocycles. The Morgan fingerprint density at radius 1 is 1.24 bits per heavy atom. The van der Waals surface area contributed by atoms with Crippen LogP contribution in [-0.2, 0) is 0 Å². The normalized spacial score (nSPS) is 11.0. The van der Waals surface area contributed by atoms with Crippen LogP contribution >= 0.6 is 11.3 Å². The Morgan fingerprint density at radius 2 is 2.00 bits per heavy atom. The molecule has 2 aromatic heterocycles. The summed E-state index contributed by atoms with van der Waals surface area (Å²) in [5, 5.41) is 7.21. The van der Waals surface area contributed by atoms with E-state index in [9.17, 15) is 4.79 Å². The molecule has 1 amide bonds. The Hall–Kier alpha value is -2.21. The van der Waals surface area contributed by atoms with Crippen LogP contribution in [0.5, 0.6) is 0 Å². The van der Waals surface area contributed by atoms with Crippen molar-refractivity contribution in [2.75, 3.05) is 5.32 Å². The van der Waals surface area contributed by atoms with Crippen LogP contribution in [0, 0.1) is 27.7 Å². The van der Waals surface area contributed by atoms with Gasteiger partial charge in [0, 0.05) is 0 Å². The van der Waals surface area contributed by atoms with E-state index < -0.39 is 0 Å². The smallest absolute Gasteiger partial charge is 0.262 e. The zero-order valence-corrected chi connectivity index (χ0v) is 13.1. The van der Waals surface area contributed by atoms with Gasteiger partial charge < -0.3 is 4.52 Å². The van der Waals surface area contributed by atoms with E-state index in [4.69, 9.17) is 4.52 Å². The molecule has 2 heterocycles. The number of aromatic nitrogens is 2. The summed E-state index contributed by atoms with van der Waals surface area (Å²) in [5.74, 6) is 0.276. The lowest BCUT2D eigenvalue weighted by Crippen LogP contribution is -2.13. The molecule has 0 fully saturated rings. The van der Waals surface area contributed by atoms with E-state index in [0.29, 0.717) is 22.1 Å². The van der Waals surface area contributed by atoms with E-state index in [2.05, 4.69) is 27.6 Å². The summed E-state index contributed by atoms with van der Waals surface area (Å²) >= 11 is 1.47. The Balaban J connectivity index is 1.95. The van der Waals surface area contributed by atoms with Gasteiger partial charge in [-0.3, -0.25) is 10.1 Å². The number of benzene rings is 1. The number of hydrogen-bond acceptors (Lipinski definition) is 5. The first-order valence-electron chi connectivity index (χ1n) is 6.57. The van der Waals surface area contributed by atoms with Gasteiger partial charge in [0.25, 0.3) is 5.91 Å². The van der Waals surface area contributed by atoms with Crippen molar-refractivity contribution in [1.82, 2.24) is 10.1 Å². The highest BCUT2D eigenvalue weighted by atomic mass is 32.1. The first kappa shape index (κ1) is 13.8. The number of nitrogens with zero attached hydrogens (tertiary/aromatic N) is 2. The van der Waals surface area contributed by atoms with Gasteiger partial charge in [0.15, 0.2) is 5.13 Å². The molecule has 0 atom stereocenters. The van der Waals surface area contributed by atoms with Gasteiger partial charge in [-0.15, -0.1) is 0 Å². The molecule has 21 heavy (non-hydrogen) atoms. The van der Waals surface area contributed by atoms with Crippen molar-refractivity contribution in [1.29, 1.82) is 0 Å². The molecule has 108 valence electrons. The van der Waals surface area contributed by atoms with E-state index in [0.717, 1.165) is 15.8 Å². The fraction of sp³-hybridized carbons (Fsp3) is 0.267. The maximum absolute atomic E-state index is 12.3. The van der Waals surface area contributed by atoms with E-state index >= 15 is 0 Å². The van der Waals surface area contributed by atoms with E-state index in [1.165, 1.54) is 16.9 Å². The van der Waals surface area contributed by atoms with Crippen LogP contribution in [0.2, 0.25) is 0 Å². The second kappa shape index (κ2) is 4.96. The fourth-order valence-electron chi connectivity index (χ4n) is 2.39. The van der Waals surface area contributed by atoms with Gasteiger partial charge in [-0.1, -0.05) is 22.6 Å². The number of nitrogens with one attached hydrogen (secondary N) is 1. The highest BCUT2D eigenvalue weighted by Crippen LogP contribution is 2.29. The molecule has 3 aromatic rings. The van der Waals surface area contributed by atoms with E-state index in [1.54, 1.807) is 13.8 Å². The third-order valence-corrected chi connectivity index (χ3v) is 4.23. The molecule has 3 rings (SSSR count). The molecule has 0 aliphatic carbocycles. The topological polar surface area (TPSA) is 68.0 Å². The number of rotatable bonds is 2. The van der Waals surface area contributed by atoms with Gasteiger partial charge in [-0.05, 0) is 44.9 Å². The van der Waals surface area contributed by atoms with Crippen LogP contribution in [-0.4, -0.2) is 16.0 Å². The number of thiazole rings is 1. The largest absolute Gasteiger partial charge is 0.361 e. The minimum absolute atomic E-state index is 0.236. The molecule has 0 unspecified atom stereocenters. The second-order valence-electron chi connectivity index (χ2n) is 5.10. The first-order valence-corrected chi connectivity index (χ1v) is 7.39. The van der Waals surface area contributed by atoms with Gasteiger partial charge in [-0.2, -0.15) is 0 Å². The molecule has 0 spiro atoms. The van der Waals surface area contributed by atoms with Crippen LogP contribution in [0.25, 0.3) is 10.2 Å². The number of amides is 1. The summed E-state index contributed by atoms with van der Waals surface area (Å²) in [4.78, 5) is 16.8. The maximum Gasteiger partial charge on any atom is 0.262 e. The molecule has 0 bridgehead atoms. The zero-order chi connectivity index (χ0) is 15.1. The minimum Gasteiger partial charge on any atom is -0.361 e. The SMILES string of the molecule is Cc1cc(C)c2nc(NC(=O)c3c(C)noc3C)sc2c1. The Morgan fingerprint density at radius 3 is 2.67 bits per heavy atom. The maximum atomic E-state index is 12.3. The molecule has 0 radical (unpaired) electrons. The highest BCUT2D eigenvalue weighted by molar-refractivity contribution is 7.22. The standard InChI is InChI=1S/C15H15N3O2S/c1-7-5-8(2)13-11(6-7)21-15(16-13)17-14(19)12-9(3)18-20-10(12)4/h5-6H,1-4H3,(H,16,17,19). The van der Waals surface area contributed by atoms with Crippen LogP contribution in [0.4, 0.5) is 5.13 Å². The van der Waals surface area contributed by atoms with Crippen molar-refractivity contribution in [3.63, 3.8) is 0 Å². The van der Waals surface area contributed by atoms with Crippen molar-refractivity contribution in [2.24, 2.45) is 0 Å². The summed E-state index contributed by atoms with van der Waals surface area (Å²) in [7, 11) is 0. The van der Waals surface area contributed by atoms with Crippen molar-refractivity contribution in [2.45, 2.75) is 27.7 Å². The predicted molar refractivity (Wildman–Crippen MR) is 83.0 cm³/mol. The van der Waals surface area contributed by atoms with Crippen molar-refractivity contribution >= 4 is 32.6 Å². The predicted octanol–water partition coefficient (Wildman–Crippen LogP) is 3.77. The number of anilines is 1. The lowest BCUT2D eigenvalue weighted by molar-refractivity contribution is 0.102. The van der Waals surface area contributed by atoms with Gasteiger partial charge >= 0.3 is 0 Å². The van der Waals surface area contributed by atoms with Gasteiger partial charge in [-0.25, -0.2) is 4.98 Å². The fourth-order valence-corrected chi connectivity index (χ4v) is 3.43. The molecular weight excluding hydrogens is 286 g/mol. The quantitative estimate of drug-likeness (QED) is 0.782. The number of fused-ring (bicyclic) bond motifs is 1. The Bertz CT molecular complexity index is 829. The molecule has 1 N–H and O–H groups in total. The molecule has 0 saturated heterocycles. The minimum atomic E-state index is -0.236. The van der Waals surface area contributed by atoms with Gasteiger partial charge in [0.1, 0.15) is 11.3 Å². The highest BCUT2D eigenvalue weighted by Gasteiger charge is 2.19. The van der Waals surface area contributed by atoms with Crippen LogP contribution < -0.4 is 5.32 Å². The van der Waals surface area contributed by atoms with Crippen molar-refractivity contribution in [3.8, 4) is 0 Å². The average Bonchev–Trinajstić information content (AvgIpc) is 2.93. The van der Waals surface area contributed by atoms with E-state index in [1.807, 2.05) is 13.8 Å². The number of carbonyl (C=O) groups excluding carboxylic acids is 1. The lowest BCUT2D eigenvalue weighted by Gasteiger charge is -1.99. The Labute approximate surface area is 126 Å². The van der Waals surface area contributed by atoms with Crippen molar-refractivity contribution in [3.05, 3.63) is 40.3 Å². The summed E-state index contributed by atoms with van der Waals surface area (Å²) in [6, 6.07) is 4.16. The van der Waals surface area contributed by atoms with Gasteiger partial charge in [0.2, 0.25) is 0 Å². The molecular formula is C15H15N3O2S. The van der Waals surface area contributed by atoms with Crippen LogP contribution in [0.15, 0.2) is 16.7 Å².